The number of nitrogens with zero attached hydrogens (tertiary/aromatic N) is 8. The Kier molecular flexibility index (Phi) is 15.6. The van der Waals surface area contributed by atoms with E-state index in [2.05, 4.69) is 68.2 Å². The van der Waals surface area contributed by atoms with Gasteiger partial charge in [-0.3, -0.25) is 9.69 Å². The third-order valence-corrected chi connectivity index (χ3v) is 12.2. The zero-order valence-electron chi connectivity index (χ0n) is 37.7. The van der Waals surface area contributed by atoms with E-state index < -0.39 is 0 Å². The van der Waals surface area contributed by atoms with Crippen molar-refractivity contribution in [3.8, 4) is 21.1 Å². The van der Waals surface area contributed by atoms with Crippen molar-refractivity contribution in [1.29, 1.82) is 0 Å². The Morgan fingerprint density at radius 3 is 1.76 bits per heavy atom. The highest BCUT2D eigenvalue weighted by Crippen LogP contribution is 2.32. The summed E-state index contributed by atoms with van der Waals surface area (Å²) in [4.78, 5) is 53.7. The Morgan fingerprint density at radius 1 is 0.721 bits per heavy atom. The number of ether oxygens (including phenoxy) is 1. The lowest BCUT2D eigenvalue weighted by Gasteiger charge is -2.30. The second kappa shape index (κ2) is 22.3. The number of hydrogen-bond acceptors (Lipinski definition) is 16. The molecule has 10 rings (SSSR count). The highest BCUT2D eigenvalue weighted by molar-refractivity contribution is 7.13. The topological polar surface area (TPSA) is 175 Å². The first kappa shape index (κ1) is 47.6. The number of benzene rings is 4. The lowest BCUT2D eigenvalue weighted by Crippen LogP contribution is -2.48. The second-order valence-corrected chi connectivity index (χ2v) is 18.5. The van der Waals surface area contributed by atoms with Crippen LogP contribution in [0.25, 0.3) is 42.9 Å². The van der Waals surface area contributed by atoms with E-state index in [0.717, 1.165) is 103 Å². The molecular weight excluding hydrogens is 907 g/mol. The van der Waals surface area contributed by atoms with Crippen LogP contribution in [0.5, 0.6) is 0 Å². The standard InChI is InChI=1S/C22H21FN6S.C18H11FN4OS.C9H18N2O2/c23-17-2-1-3-18(12-17)27-22-26-13-15-10-19(21-25-6-9-30-21)16(11-20(15)28-22)14-29-7-4-24-5-8-29;19-13-2-1-3-14(8-13)22-18-21-9-11-6-15(17-20-4-5-25-17)12(10-24)7-16(11)23-18;1-9(2,3)13-8(12)11-6-4-10-5-7-11/h1-3,6,9-13,24H,4-5,7-8,14H2,(H,26,27,28);1-10H,(H,21,22,23);10H,4-7H2,1-3H3. The number of fused-ring (bicyclic) bond motifs is 2. The van der Waals surface area contributed by atoms with Crippen molar-refractivity contribution in [2.75, 3.05) is 63.0 Å². The van der Waals surface area contributed by atoms with Crippen LogP contribution in [0.2, 0.25) is 0 Å². The summed E-state index contributed by atoms with van der Waals surface area (Å²) in [6, 6.07) is 20.1. The maximum atomic E-state index is 13.5. The molecule has 350 valence electrons. The number of aromatic nitrogens is 6. The molecule has 0 spiro atoms. The van der Waals surface area contributed by atoms with Crippen LogP contribution in [-0.2, 0) is 11.3 Å². The van der Waals surface area contributed by atoms with Crippen molar-refractivity contribution in [3.05, 3.63) is 131 Å². The normalized spacial score (nSPS) is 14.0. The molecule has 2 aliphatic heterocycles. The number of anilines is 4. The molecule has 0 unspecified atom stereocenters. The van der Waals surface area contributed by atoms with Crippen LogP contribution in [-0.4, -0.2) is 110 Å². The van der Waals surface area contributed by atoms with Gasteiger partial charge < -0.3 is 30.9 Å². The number of thiazole rings is 2. The van der Waals surface area contributed by atoms with Gasteiger partial charge >= 0.3 is 6.09 Å². The summed E-state index contributed by atoms with van der Waals surface area (Å²) >= 11 is 3.10. The molecule has 0 radical (unpaired) electrons. The molecule has 8 aromatic rings. The van der Waals surface area contributed by atoms with Gasteiger partial charge in [-0.1, -0.05) is 12.1 Å². The summed E-state index contributed by atoms with van der Waals surface area (Å²) in [6.07, 6.45) is 7.58. The molecule has 0 atom stereocenters. The van der Waals surface area contributed by atoms with Crippen LogP contribution < -0.4 is 21.3 Å². The summed E-state index contributed by atoms with van der Waals surface area (Å²) in [5, 5.41) is 20.0. The van der Waals surface area contributed by atoms with Crippen molar-refractivity contribution in [1.82, 2.24) is 50.3 Å². The van der Waals surface area contributed by atoms with Crippen molar-refractivity contribution in [2.24, 2.45) is 0 Å². The predicted octanol–water partition coefficient (Wildman–Crippen LogP) is 9.32. The Balaban J connectivity index is 0.000000149. The molecule has 0 aliphatic carbocycles. The first-order valence-electron chi connectivity index (χ1n) is 22.0. The number of nitrogens with one attached hydrogen (secondary N) is 4. The molecule has 2 aliphatic rings. The molecular formula is C49H50F2N12O3S2. The third kappa shape index (κ3) is 13.0. The fourth-order valence-electron chi connectivity index (χ4n) is 7.34. The average molecular weight is 957 g/mol. The Hall–Kier alpha value is -6.90. The van der Waals surface area contributed by atoms with Gasteiger partial charge in [-0.15, -0.1) is 22.7 Å². The van der Waals surface area contributed by atoms with Gasteiger partial charge in [-0.05, 0) is 87.0 Å². The average Bonchev–Trinajstić information content (AvgIpc) is 4.08. The molecule has 19 heteroatoms. The van der Waals surface area contributed by atoms with Gasteiger partial charge in [-0.2, -0.15) is 0 Å². The number of aldehydes is 1. The Labute approximate surface area is 400 Å². The monoisotopic (exact) mass is 956 g/mol. The van der Waals surface area contributed by atoms with E-state index >= 15 is 0 Å². The minimum absolute atomic E-state index is 0.200. The van der Waals surface area contributed by atoms with Gasteiger partial charge in [0.15, 0.2) is 6.29 Å². The summed E-state index contributed by atoms with van der Waals surface area (Å²) in [5.41, 5.74) is 5.86. The van der Waals surface area contributed by atoms with Crippen LogP contribution in [0, 0.1) is 11.6 Å². The maximum absolute atomic E-state index is 13.5. The minimum Gasteiger partial charge on any atom is -0.444 e. The van der Waals surface area contributed by atoms with Crippen molar-refractivity contribution < 1.29 is 23.1 Å². The number of amides is 1. The molecule has 0 saturated carbocycles. The Bertz CT molecular complexity index is 2960. The summed E-state index contributed by atoms with van der Waals surface area (Å²) in [5.74, 6) is 0.134. The molecule has 4 aromatic heterocycles. The molecule has 4 N–H and O–H groups in total. The maximum Gasteiger partial charge on any atom is 0.410 e. The summed E-state index contributed by atoms with van der Waals surface area (Å²) in [7, 11) is 0. The molecule has 2 saturated heterocycles. The molecule has 2 fully saturated rings. The van der Waals surface area contributed by atoms with E-state index in [1.54, 1.807) is 65.2 Å². The smallest absolute Gasteiger partial charge is 0.410 e. The molecule has 15 nitrogen and oxygen atoms in total. The van der Waals surface area contributed by atoms with E-state index in [9.17, 15) is 18.4 Å². The zero-order valence-corrected chi connectivity index (χ0v) is 39.3. The first-order chi connectivity index (χ1) is 33.0. The predicted molar refractivity (Wildman–Crippen MR) is 265 cm³/mol. The van der Waals surface area contributed by atoms with Gasteiger partial charge in [0.1, 0.15) is 27.3 Å². The molecule has 68 heavy (non-hydrogen) atoms. The van der Waals surface area contributed by atoms with Gasteiger partial charge in [0.25, 0.3) is 0 Å². The van der Waals surface area contributed by atoms with Gasteiger partial charge in [-0.25, -0.2) is 43.5 Å². The zero-order chi connectivity index (χ0) is 47.5. The second-order valence-electron chi connectivity index (χ2n) is 16.8. The number of carbonyl (C=O) groups is 2. The molecule has 0 bridgehead atoms. The lowest BCUT2D eigenvalue weighted by atomic mass is 10.0. The highest BCUT2D eigenvalue weighted by atomic mass is 32.1. The van der Waals surface area contributed by atoms with E-state index in [-0.39, 0.29) is 23.3 Å². The number of halogens is 2. The van der Waals surface area contributed by atoms with Crippen LogP contribution in [0.15, 0.2) is 108 Å². The third-order valence-electron chi connectivity index (χ3n) is 10.5. The van der Waals surface area contributed by atoms with Crippen LogP contribution in [0.4, 0.5) is 36.8 Å². The number of carbonyl (C=O) groups excluding carboxylic acids is 2. The van der Waals surface area contributed by atoms with E-state index in [0.29, 0.717) is 34.4 Å². The highest BCUT2D eigenvalue weighted by Gasteiger charge is 2.23. The van der Waals surface area contributed by atoms with Gasteiger partial charge in [0.2, 0.25) is 11.9 Å². The lowest BCUT2D eigenvalue weighted by molar-refractivity contribution is 0.0228. The van der Waals surface area contributed by atoms with Crippen LogP contribution in [0.1, 0.15) is 36.7 Å². The molecule has 1 amide bonds. The van der Waals surface area contributed by atoms with E-state index in [1.807, 2.05) is 43.8 Å². The number of piperazine rings is 2. The SMILES string of the molecule is CC(C)(C)OC(=O)N1CCNCC1.Fc1cccc(Nc2ncc3cc(-c4nccs4)c(CN4CCNCC4)cc3n2)c1.O=Cc1cc2nc(Nc3cccc(F)c3)ncc2cc1-c1nccs1. The van der Waals surface area contributed by atoms with Gasteiger partial charge in [0.05, 0.1) is 11.0 Å². The summed E-state index contributed by atoms with van der Waals surface area (Å²) < 4.78 is 32.0. The molecule has 4 aromatic carbocycles. The minimum atomic E-state index is -0.387. The number of hydrogen-bond donors (Lipinski definition) is 4. The van der Waals surface area contributed by atoms with Crippen LogP contribution in [0.3, 0.4) is 0 Å². The van der Waals surface area contributed by atoms with E-state index in [4.69, 9.17) is 4.74 Å². The fourth-order valence-corrected chi connectivity index (χ4v) is 8.70. The van der Waals surface area contributed by atoms with Gasteiger partial charge in [0, 0.05) is 133 Å². The Morgan fingerprint density at radius 2 is 1.25 bits per heavy atom. The summed E-state index contributed by atoms with van der Waals surface area (Å²) in [6.45, 7) is 13.8. The quantitative estimate of drug-likeness (QED) is 0.101. The molecule has 6 heterocycles. The fraction of sp³-hybridized carbons (Fsp3) is 0.265. The van der Waals surface area contributed by atoms with Crippen molar-refractivity contribution in [3.63, 3.8) is 0 Å². The van der Waals surface area contributed by atoms with Crippen molar-refractivity contribution in [2.45, 2.75) is 32.9 Å². The van der Waals surface area contributed by atoms with E-state index in [1.165, 1.54) is 41.2 Å². The first-order valence-corrected chi connectivity index (χ1v) is 23.7. The van der Waals surface area contributed by atoms with Crippen LogP contribution >= 0.6 is 22.7 Å². The largest absolute Gasteiger partial charge is 0.444 e. The number of rotatable bonds is 9. The van der Waals surface area contributed by atoms with Crippen molar-refractivity contribution >= 4 is 80.1 Å².